The first kappa shape index (κ1) is 12.7. The second-order valence-corrected chi connectivity index (χ2v) is 3.09. The summed E-state index contributed by atoms with van der Waals surface area (Å²) < 4.78 is 0. The number of nitroso groups, excluding NO2 is 1. The minimum absolute atomic E-state index is 0. The maximum Gasteiger partial charge on any atom is 0.158 e. The highest BCUT2D eigenvalue weighted by Crippen LogP contribution is 2.17. The minimum atomic E-state index is 0. The predicted octanol–water partition coefficient (Wildman–Crippen LogP) is 3.33. The van der Waals surface area contributed by atoms with Crippen LogP contribution in [-0.2, 0) is 0 Å². The number of para-hydroxylation sites is 2. The summed E-state index contributed by atoms with van der Waals surface area (Å²) in [5.41, 5.74) is 0.585. The summed E-state index contributed by atoms with van der Waals surface area (Å²) in [7, 11) is 0. The second-order valence-electron chi connectivity index (χ2n) is 3.09. The van der Waals surface area contributed by atoms with Crippen LogP contribution in [0.2, 0.25) is 0 Å². The first-order valence-corrected chi connectivity index (χ1v) is 4.81. The molecule has 0 aliphatic heterocycles. The molecule has 0 unspecified atom stereocenters. The Morgan fingerprint density at radius 3 is 1.94 bits per heavy atom. The highest BCUT2D eigenvalue weighted by atomic mass is 16.7. The van der Waals surface area contributed by atoms with Gasteiger partial charge in [-0.25, -0.2) is 0 Å². The van der Waals surface area contributed by atoms with Crippen molar-refractivity contribution in [1.82, 2.24) is 6.15 Å². The molecule has 0 aliphatic carbocycles. The summed E-state index contributed by atoms with van der Waals surface area (Å²) in [5, 5.41) is 3.75. The molecule has 0 bridgehead atoms. The SMILES string of the molecule is N.O=NN(Oc1ccccc1)c1ccccc1. The Hall–Kier alpha value is -2.40. The molecule has 0 radical (unpaired) electrons. The van der Waals surface area contributed by atoms with Crippen molar-refractivity contribution in [2.24, 2.45) is 5.29 Å². The van der Waals surface area contributed by atoms with Crippen molar-refractivity contribution >= 4 is 5.69 Å². The van der Waals surface area contributed by atoms with Gasteiger partial charge in [-0.05, 0) is 24.3 Å². The van der Waals surface area contributed by atoms with Gasteiger partial charge < -0.3 is 11.0 Å². The van der Waals surface area contributed by atoms with Crippen LogP contribution in [0.25, 0.3) is 0 Å². The molecule has 2 aromatic rings. The third-order valence-corrected chi connectivity index (χ3v) is 1.99. The largest absolute Gasteiger partial charge is 0.355 e. The zero-order valence-electron chi connectivity index (χ0n) is 9.19. The van der Waals surface area contributed by atoms with Crippen LogP contribution in [-0.4, -0.2) is 0 Å². The molecule has 0 atom stereocenters. The fourth-order valence-corrected chi connectivity index (χ4v) is 1.25. The van der Waals surface area contributed by atoms with Gasteiger partial charge in [-0.1, -0.05) is 41.6 Å². The maximum absolute atomic E-state index is 10.7. The predicted molar refractivity (Wildman–Crippen MR) is 66.8 cm³/mol. The van der Waals surface area contributed by atoms with E-state index in [-0.39, 0.29) is 6.15 Å². The Bertz CT molecular complexity index is 448. The zero-order chi connectivity index (χ0) is 11.2. The molecule has 0 aliphatic rings. The third-order valence-electron chi connectivity index (χ3n) is 1.99. The third kappa shape index (κ3) is 3.29. The van der Waals surface area contributed by atoms with E-state index in [0.717, 1.165) is 5.17 Å². The van der Waals surface area contributed by atoms with Crippen LogP contribution in [0.4, 0.5) is 5.69 Å². The van der Waals surface area contributed by atoms with Gasteiger partial charge in [-0.2, -0.15) is 0 Å². The molecular weight excluding hydrogens is 218 g/mol. The molecule has 0 saturated carbocycles. The molecule has 0 heterocycles. The van der Waals surface area contributed by atoms with Gasteiger partial charge >= 0.3 is 0 Å². The second kappa shape index (κ2) is 6.24. The molecule has 0 aromatic heterocycles. The Balaban J connectivity index is 0.00000144. The number of rotatable bonds is 4. The van der Waals surface area contributed by atoms with E-state index in [9.17, 15) is 4.91 Å². The molecule has 3 N–H and O–H groups in total. The Morgan fingerprint density at radius 1 is 0.882 bits per heavy atom. The van der Waals surface area contributed by atoms with E-state index in [0.29, 0.717) is 11.4 Å². The van der Waals surface area contributed by atoms with Gasteiger partial charge in [-0.3, -0.25) is 0 Å². The first-order valence-electron chi connectivity index (χ1n) is 4.81. The Labute approximate surface area is 99.1 Å². The fourth-order valence-electron chi connectivity index (χ4n) is 1.25. The van der Waals surface area contributed by atoms with E-state index in [2.05, 4.69) is 5.29 Å². The molecule has 0 spiro atoms. The summed E-state index contributed by atoms with van der Waals surface area (Å²) >= 11 is 0. The van der Waals surface area contributed by atoms with Crippen LogP contribution in [0.3, 0.4) is 0 Å². The number of benzene rings is 2. The molecule has 2 rings (SSSR count). The molecule has 0 saturated heterocycles. The standard InChI is InChI=1S/C12H10N2O2.H3N/c15-13-14(11-7-3-1-4-8-11)16-12-9-5-2-6-10-12;/h1-10H;1H3. The van der Waals surface area contributed by atoms with E-state index < -0.39 is 0 Å². The van der Waals surface area contributed by atoms with Crippen molar-refractivity contribution in [3.05, 3.63) is 65.6 Å². The number of hydrogen-bond acceptors (Lipinski definition) is 4. The Kier molecular flexibility index (Phi) is 4.65. The van der Waals surface area contributed by atoms with Gasteiger partial charge in [-0.15, -0.1) is 4.91 Å². The van der Waals surface area contributed by atoms with Crippen molar-refractivity contribution in [2.75, 3.05) is 5.17 Å². The van der Waals surface area contributed by atoms with Gasteiger partial charge in [0.15, 0.2) is 5.75 Å². The van der Waals surface area contributed by atoms with E-state index in [1.165, 1.54) is 0 Å². The molecule has 5 heteroatoms. The van der Waals surface area contributed by atoms with Gasteiger partial charge in [0.2, 0.25) is 0 Å². The van der Waals surface area contributed by atoms with Crippen molar-refractivity contribution in [3.63, 3.8) is 0 Å². The number of nitrogens with zero attached hydrogens (tertiary/aromatic N) is 2. The zero-order valence-corrected chi connectivity index (χ0v) is 9.19. The highest BCUT2D eigenvalue weighted by molar-refractivity contribution is 5.43. The molecule has 88 valence electrons. The lowest BCUT2D eigenvalue weighted by molar-refractivity contribution is 0.282. The average Bonchev–Trinajstić information content (AvgIpc) is 2.38. The minimum Gasteiger partial charge on any atom is -0.355 e. The van der Waals surface area contributed by atoms with Gasteiger partial charge in [0.25, 0.3) is 0 Å². The summed E-state index contributed by atoms with van der Waals surface area (Å²) in [6.45, 7) is 0. The van der Waals surface area contributed by atoms with Gasteiger partial charge in [0.05, 0.1) is 5.29 Å². The smallest absolute Gasteiger partial charge is 0.158 e. The van der Waals surface area contributed by atoms with E-state index >= 15 is 0 Å². The van der Waals surface area contributed by atoms with Crippen LogP contribution >= 0.6 is 0 Å². The maximum atomic E-state index is 10.7. The molecular formula is C12H13N3O2. The van der Waals surface area contributed by atoms with Crippen molar-refractivity contribution in [2.45, 2.75) is 0 Å². The lowest BCUT2D eigenvalue weighted by atomic mass is 10.3. The lowest BCUT2D eigenvalue weighted by Gasteiger charge is -2.14. The van der Waals surface area contributed by atoms with E-state index in [1.807, 2.05) is 36.4 Å². The topological polar surface area (TPSA) is 76.9 Å². The number of hydrogen-bond donors (Lipinski definition) is 1. The average molecular weight is 231 g/mol. The monoisotopic (exact) mass is 231 g/mol. The highest BCUT2D eigenvalue weighted by Gasteiger charge is 2.07. The summed E-state index contributed by atoms with van der Waals surface area (Å²) in [4.78, 5) is 16.0. The summed E-state index contributed by atoms with van der Waals surface area (Å²) in [5.74, 6) is 0.561. The van der Waals surface area contributed by atoms with Crippen molar-refractivity contribution in [3.8, 4) is 5.75 Å². The van der Waals surface area contributed by atoms with Crippen molar-refractivity contribution in [1.29, 1.82) is 0 Å². The normalized spacial score (nSPS) is 8.94. The van der Waals surface area contributed by atoms with Gasteiger partial charge in [0, 0.05) is 0 Å². The molecule has 0 amide bonds. The molecule has 2 aromatic carbocycles. The van der Waals surface area contributed by atoms with E-state index in [1.54, 1.807) is 24.3 Å². The fraction of sp³-hybridized carbons (Fsp3) is 0. The lowest BCUT2D eigenvalue weighted by Crippen LogP contribution is -2.19. The van der Waals surface area contributed by atoms with Gasteiger partial charge in [0.1, 0.15) is 5.69 Å². The summed E-state index contributed by atoms with van der Waals surface area (Å²) in [6, 6.07) is 18.0. The van der Waals surface area contributed by atoms with Crippen LogP contribution in [0, 0.1) is 4.91 Å². The molecule has 5 nitrogen and oxygen atoms in total. The first-order chi connectivity index (χ1) is 7.90. The molecule has 0 fully saturated rings. The van der Waals surface area contributed by atoms with Crippen molar-refractivity contribution < 1.29 is 4.84 Å². The Morgan fingerprint density at radius 2 is 1.41 bits per heavy atom. The van der Waals surface area contributed by atoms with Crippen LogP contribution in [0.1, 0.15) is 0 Å². The number of anilines is 1. The quantitative estimate of drug-likeness (QED) is 0.646. The molecule has 17 heavy (non-hydrogen) atoms. The van der Waals surface area contributed by atoms with Crippen LogP contribution < -0.4 is 16.2 Å². The van der Waals surface area contributed by atoms with Crippen LogP contribution in [0.15, 0.2) is 65.9 Å². The summed E-state index contributed by atoms with van der Waals surface area (Å²) in [6.07, 6.45) is 0. The van der Waals surface area contributed by atoms with E-state index in [4.69, 9.17) is 4.84 Å². The van der Waals surface area contributed by atoms with Crippen LogP contribution in [0.5, 0.6) is 5.75 Å².